The van der Waals surface area contributed by atoms with E-state index in [2.05, 4.69) is 4.98 Å². The number of pyridine rings is 1. The zero-order valence-corrected chi connectivity index (χ0v) is 18.6. The molecule has 8 nitrogen and oxygen atoms in total. The molecular formula is C24H21N3O5S. The number of nitro groups is 1. The number of benzene rings is 3. The molecule has 4 rings (SSSR count). The molecule has 1 heterocycles. The second kappa shape index (κ2) is 8.97. The van der Waals surface area contributed by atoms with Crippen molar-refractivity contribution < 1.29 is 13.3 Å². The molecule has 0 atom stereocenters. The monoisotopic (exact) mass is 463 g/mol. The van der Waals surface area contributed by atoms with Crippen LogP contribution in [0.2, 0.25) is 0 Å². The van der Waals surface area contributed by atoms with Crippen LogP contribution in [0.25, 0.3) is 10.9 Å². The fourth-order valence-electron chi connectivity index (χ4n) is 3.60. The van der Waals surface area contributed by atoms with E-state index in [4.69, 9.17) is 0 Å². The van der Waals surface area contributed by atoms with Gasteiger partial charge in [0.15, 0.2) is 0 Å². The number of nitro benzene ring substituents is 1. The number of aromatic nitrogens is 1. The van der Waals surface area contributed by atoms with Crippen molar-refractivity contribution in [2.45, 2.75) is 24.9 Å². The van der Waals surface area contributed by atoms with E-state index in [0.717, 1.165) is 26.9 Å². The highest BCUT2D eigenvalue weighted by Gasteiger charge is 2.27. The standard InChI is InChI=1S/C24H21N3O5S/c1-17-10-11-23-19(12-17)13-20(24(28)25-23)16-26(15-18-6-3-2-4-7-18)33(31,32)22-9-5-8-21(14-22)27(29)30/h2-14H,15-16H2,1H3,(H,25,28). The van der Waals surface area contributed by atoms with Gasteiger partial charge in [0.2, 0.25) is 10.0 Å². The van der Waals surface area contributed by atoms with Crippen LogP contribution >= 0.6 is 0 Å². The molecule has 0 radical (unpaired) electrons. The van der Waals surface area contributed by atoms with Crippen LogP contribution in [0.15, 0.2) is 88.6 Å². The van der Waals surface area contributed by atoms with Gasteiger partial charge >= 0.3 is 0 Å². The molecule has 0 bridgehead atoms. The highest BCUT2D eigenvalue weighted by atomic mass is 32.2. The summed E-state index contributed by atoms with van der Waals surface area (Å²) < 4.78 is 28.2. The van der Waals surface area contributed by atoms with E-state index in [0.29, 0.717) is 5.52 Å². The van der Waals surface area contributed by atoms with Crippen molar-refractivity contribution in [3.05, 3.63) is 116 Å². The minimum absolute atomic E-state index is 0.00282. The van der Waals surface area contributed by atoms with Crippen molar-refractivity contribution in [3.63, 3.8) is 0 Å². The second-order valence-electron chi connectivity index (χ2n) is 7.73. The number of non-ortho nitro benzene ring substituents is 1. The summed E-state index contributed by atoms with van der Waals surface area (Å²) in [6, 6.07) is 21.1. The van der Waals surface area contributed by atoms with Gasteiger partial charge in [-0.3, -0.25) is 14.9 Å². The van der Waals surface area contributed by atoms with E-state index in [9.17, 15) is 23.3 Å². The maximum Gasteiger partial charge on any atom is 0.270 e. The molecule has 0 spiro atoms. The summed E-state index contributed by atoms with van der Waals surface area (Å²) in [6.07, 6.45) is 0. The smallest absolute Gasteiger partial charge is 0.270 e. The molecule has 0 saturated heterocycles. The Labute approximate surface area is 190 Å². The van der Waals surface area contributed by atoms with E-state index >= 15 is 0 Å². The molecule has 0 unspecified atom stereocenters. The first-order chi connectivity index (χ1) is 15.7. The minimum Gasteiger partial charge on any atom is -0.322 e. The fourth-order valence-corrected chi connectivity index (χ4v) is 5.04. The molecule has 0 aliphatic carbocycles. The molecule has 0 fully saturated rings. The molecule has 3 aromatic carbocycles. The molecule has 9 heteroatoms. The molecule has 0 amide bonds. The fraction of sp³-hybridized carbons (Fsp3) is 0.125. The zero-order chi connectivity index (χ0) is 23.6. The lowest BCUT2D eigenvalue weighted by Gasteiger charge is -2.22. The number of nitrogens with zero attached hydrogens (tertiary/aromatic N) is 2. The summed E-state index contributed by atoms with van der Waals surface area (Å²) in [7, 11) is -4.16. The van der Waals surface area contributed by atoms with Crippen LogP contribution < -0.4 is 5.56 Å². The predicted octanol–water partition coefficient (Wildman–Crippen LogP) is 4.14. The number of aryl methyl sites for hydroxylation is 1. The van der Waals surface area contributed by atoms with Crippen LogP contribution in [0.4, 0.5) is 5.69 Å². The molecule has 0 aliphatic heterocycles. The van der Waals surface area contributed by atoms with Crippen LogP contribution in [0, 0.1) is 17.0 Å². The maximum absolute atomic E-state index is 13.5. The molecule has 4 aromatic rings. The first-order valence-corrected chi connectivity index (χ1v) is 11.6. The Bertz CT molecular complexity index is 1500. The average molecular weight is 464 g/mol. The first kappa shape index (κ1) is 22.4. The van der Waals surface area contributed by atoms with Gasteiger partial charge < -0.3 is 4.98 Å². The van der Waals surface area contributed by atoms with Gasteiger partial charge in [0.1, 0.15) is 0 Å². The molecule has 0 saturated carbocycles. The highest BCUT2D eigenvalue weighted by Crippen LogP contribution is 2.24. The molecule has 168 valence electrons. The minimum atomic E-state index is -4.16. The lowest BCUT2D eigenvalue weighted by atomic mass is 10.1. The third-order valence-electron chi connectivity index (χ3n) is 5.29. The number of nitrogens with one attached hydrogen (secondary N) is 1. The zero-order valence-electron chi connectivity index (χ0n) is 17.8. The van der Waals surface area contributed by atoms with Crippen molar-refractivity contribution in [2.75, 3.05) is 0 Å². The highest BCUT2D eigenvalue weighted by molar-refractivity contribution is 7.89. The Morgan fingerprint density at radius 2 is 1.70 bits per heavy atom. The average Bonchev–Trinajstić information content (AvgIpc) is 2.80. The maximum atomic E-state index is 13.5. The summed E-state index contributed by atoms with van der Waals surface area (Å²) in [5.41, 5.74) is 1.95. The number of hydrogen-bond donors (Lipinski definition) is 1. The Hall–Kier alpha value is -3.82. The van der Waals surface area contributed by atoms with E-state index in [-0.39, 0.29) is 29.2 Å². The van der Waals surface area contributed by atoms with Gasteiger partial charge in [0, 0.05) is 36.3 Å². The van der Waals surface area contributed by atoms with Gasteiger partial charge in [-0.15, -0.1) is 0 Å². The second-order valence-corrected chi connectivity index (χ2v) is 9.67. The summed E-state index contributed by atoms with van der Waals surface area (Å²) in [4.78, 5) is 25.9. The molecule has 0 aliphatic rings. The van der Waals surface area contributed by atoms with Crippen molar-refractivity contribution in [1.29, 1.82) is 0 Å². The van der Waals surface area contributed by atoms with Crippen LogP contribution in [0.5, 0.6) is 0 Å². The van der Waals surface area contributed by atoms with Crippen molar-refractivity contribution >= 4 is 26.6 Å². The Morgan fingerprint density at radius 1 is 0.939 bits per heavy atom. The number of H-pyrrole nitrogens is 1. The van der Waals surface area contributed by atoms with Crippen molar-refractivity contribution in [3.8, 4) is 0 Å². The van der Waals surface area contributed by atoms with Gasteiger partial charge in [0.25, 0.3) is 11.2 Å². The number of fused-ring (bicyclic) bond motifs is 1. The topological polar surface area (TPSA) is 113 Å². The predicted molar refractivity (Wildman–Crippen MR) is 125 cm³/mol. The van der Waals surface area contributed by atoms with Gasteiger partial charge in [0.05, 0.1) is 9.82 Å². The summed E-state index contributed by atoms with van der Waals surface area (Å²) in [5, 5.41) is 12.0. The van der Waals surface area contributed by atoms with Crippen molar-refractivity contribution in [2.24, 2.45) is 0 Å². The molecule has 33 heavy (non-hydrogen) atoms. The lowest BCUT2D eigenvalue weighted by Crippen LogP contribution is -2.32. The Kier molecular flexibility index (Phi) is 6.08. The first-order valence-electron chi connectivity index (χ1n) is 10.1. The SMILES string of the molecule is Cc1ccc2[nH]c(=O)c(CN(Cc3ccccc3)S(=O)(=O)c3cccc([N+](=O)[O-])c3)cc2c1. The van der Waals surface area contributed by atoms with Crippen LogP contribution in [0.1, 0.15) is 16.7 Å². The van der Waals surface area contributed by atoms with E-state index < -0.39 is 20.5 Å². The number of hydrogen-bond acceptors (Lipinski definition) is 5. The Morgan fingerprint density at radius 3 is 2.42 bits per heavy atom. The lowest BCUT2D eigenvalue weighted by molar-refractivity contribution is -0.385. The van der Waals surface area contributed by atoms with E-state index in [1.807, 2.05) is 25.1 Å². The van der Waals surface area contributed by atoms with Gasteiger partial charge in [-0.25, -0.2) is 8.42 Å². The molecule has 1 N–H and O–H groups in total. The van der Waals surface area contributed by atoms with Gasteiger partial charge in [-0.05, 0) is 42.1 Å². The number of sulfonamides is 1. The quantitative estimate of drug-likeness (QED) is 0.327. The van der Waals surface area contributed by atoms with E-state index in [1.165, 1.54) is 18.2 Å². The van der Waals surface area contributed by atoms with Crippen molar-refractivity contribution in [1.82, 2.24) is 9.29 Å². The summed E-state index contributed by atoms with van der Waals surface area (Å²) in [6.45, 7) is 1.73. The van der Waals surface area contributed by atoms with Crippen LogP contribution in [-0.2, 0) is 23.1 Å². The van der Waals surface area contributed by atoms with Gasteiger partial charge in [-0.2, -0.15) is 4.31 Å². The third kappa shape index (κ3) is 4.84. The molecular weight excluding hydrogens is 442 g/mol. The van der Waals surface area contributed by atoms with E-state index in [1.54, 1.807) is 36.4 Å². The number of aromatic amines is 1. The largest absolute Gasteiger partial charge is 0.322 e. The normalized spacial score (nSPS) is 11.7. The Balaban J connectivity index is 1.79. The summed E-state index contributed by atoms with van der Waals surface area (Å²) >= 11 is 0. The van der Waals surface area contributed by atoms with Crippen LogP contribution in [0.3, 0.4) is 0 Å². The number of rotatable bonds is 7. The van der Waals surface area contributed by atoms with Gasteiger partial charge in [-0.1, -0.05) is 48.0 Å². The summed E-state index contributed by atoms with van der Waals surface area (Å²) in [5.74, 6) is 0. The molecule has 1 aromatic heterocycles. The third-order valence-corrected chi connectivity index (χ3v) is 7.08. The van der Waals surface area contributed by atoms with Crippen LogP contribution in [-0.4, -0.2) is 22.6 Å².